The Morgan fingerprint density at radius 1 is 1.25 bits per heavy atom. The molecule has 0 fully saturated rings. The van der Waals surface area contributed by atoms with Crippen LogP contribution in [0.4, 0.5) is 17.6 Å². The van der Waals surface area contributed by atoms with E-state index in [2.05, 4.69) is 10.2 Å². The van der Waals surface area contributed by atoms with Crippen LogP contribution in [0.3, 0.4) is 0 Å². The summed E-state index contributed by atoms with van der Waals surface area (Å²) in [7, 11) is 0. The standard InChI is InChI=1S/C21H18ClF4N5O3S.ClH/c1-3-29-9-30(10(2)21(24,25)26)20(34)16-18(33)17(32)12(8-31(16)29)19-28-27-14(35-19)7-11-5-4-6-13(22)15(11)23;/h4-6,8,10,33H,3,7,9H2,1-2H3;1H/t10-;/m1./s1. The van der Waals surface area contributed by atoms with E-state index in [9.17, 15) is 32.3 Å². The number of alkyl halides is 3. The molecule has 0 saturated heterocycles. The highest BCUT2D eigenvalue weighted by Crippen LogP contribution is 2.32. The van der Waals surface area contributed by atoms with Gasteiger partial charge >= 0.3 is 6.18 Å². The van der Waals surface area contributed by atoms with Crippen LogP contribution in [0.5, 0.6) is 5.75 Å². The fraction of sp³-hybridized carbons (Fsp3) is 0.333. The Hall–Kier alpha value is -2.90. The summed E-state index contributed by atoms with van der Waals surface area (Å²) < 4.78 is 55.3. The van der Waals surface area contributed by atoms with Crippen LogP contribution in [0.15, 0.2) is 29.2 Å². The first kappa shape index (κ1) is 27.7. The minimum atomic E-state index is -4.70. The Balaban J connectivity index is 0.00000361. The summed E-state index contributed by atoms with van der Waals surface area (Å²) in [6, 6.07) is 2.38. The molecular formula is C21H19Cl2F4N5O3S. The van der Waals surface area contributed by atoms with Gasteiger partial charge in [0.25, 0.3) is 5.91 Å². The zero-order valence-corrected chi connectivity index (χ0v) is 21.1. The van der Waals surface area contributed by atoms with Crippen molar-refractivity contribution in [1.82, 2.24) is 19.8 Å². The quantitative estimate of drug-likeness (QED) is 0.465. The Morgan fingerprint density at radius 2 is 1.94 bits per heavy atom. The number of carbonyl (C=O) groups is 1. The molecule has 0 unspecified atom stereocenters. The zero-order chi connectivity index (χ0) is 25.7. The number of amides is 1. The lowest BCUT2D eigenvalue weighted by Gasteiger charge is -2.42. The lowest BCUT2D eigenvalue weighted by atomic mass is 10.1. The van der Waals surface area contributed by atoms with Crippen LogP contribution in [0, 0.1) is 5.82 Å². The van der Waals surface area contributed by atoms with Crippen molar-refractivity contribution in [2.75, 3.05) is 18.2 Å². The summed E-state index contributed by atoms with van der Waals surface area (Å²) in [6.07, 6.45) is -3.41. The van der Waals surface area contributed by atoms with E-state index in [1.165, 1.54) is 23.3 Å². The predicted molar refractivity (Wildman–Crippen MR) is 128 cm³/mol. The van der Waals surface area contributed by atoms with Gasteiger partial charge in [-0.25, -0.2) is 4.39 Å². The van der Waals surface area contributed by atoms with E-state index >= 15 is 0 Å². The van der Waals surface area contributed by atoms with Gasteiger partial charge in [-0.1, -0.05) is 35.1 Å². The first-order valence-corrected chi connectivity index (χ1v) is 11.5. The number of aromatic nitrogens is 3. The molecule has 1 aromatic carbocycles. The molecule has 8 nitrogen and oxygen atoms in total. The second-order valence-corrected chi connectivity index (χ2v) is 9.23. The maximum atomic E-state index is 14.2. The first-order valence-electron chi connectivity index (χ1n) is 10.3. The summed E-state index contributed by atoms with van der Waals surface area (Å²) in [6.45, 7) is 2.22. The van der Waals surface area contributed by atoms with Crippen molar-refractivity contribution < 1.29 is 27.5 Å². The maximum absolute atomic E-state index is 14.2. The molecule has 1 aliphatic heterocycles. The lowest BCUT2D eigenvalue weighted by molar-refractivity contribution is -0.173. The molecule has 2 aromatic heterocycles. The molecule has 1 amide bonds. The van der Waals surface area contributed by atoms with E-state index in [1.807, 2.05) is 0 Å². The number of benzene rings is 1. The number of carbonyl (C=O) groups excluding carboxylic acids is 1. The molecule has 3 heterocycles. The molecule has 15 heteroatoms. The molecule has 1 atom stereocenters. The number of halogens is 6. The van der Waals surface area contributed by atoms with Gasteiger partial charge in [-0.15, -0.1) is 22.6 Å². The number of hydrogen-bond donors (Lipinski definition) is 1. The highest BCUT2D eigenvalue weighted by molar-refractivity contribution is 7.14. The molecule has 194 valence electrons. The Bertz CT molecular complexity index is 1360. The number of nitrogens with zero attached hydrogens (tertiary/aromatic N) is 5. The van der Waals surface area contributed by atoms with E-state index < -0.39 is 47.5 Å². The van der Waals surface area contributed by atoms with Crippen molar-refractivity contribution in [1.29, 1.82) is 0 Å². The van der Waals surface area contributed by atoms with Crippen LogP contribution >= 0.6 is 35.3 Å². The van der Waals surface area contributed by atoms with Gasteiger partial charge in [-0.3, -0.25) is 19.3 Å². The van der Waals surface area contributed by atoms with Gasteiger partial charge < -0.3 is 10.0 Å². The molecule has 4 rings (SSSR count). The second kappa shape index (κ2) is 10.2. The van der Waals surface area contributed by atoms with E-state index in [4.69, 9.17) is 11.6 Å². The minimum Gasteiger partial charge on any atom is -0.502 e. The third-order valence-corrected chi connectivity index (χ3v) is 6.87. The van der Waals surface area contributed by atoms with Gasteiger partial charge in [-0.05, 0) is 25.5 Å². The van der Waals surface area contributed by atoms with Gasteiger partial charge in [0.05, 0.1) is 10.6 Å². The number of pyridine rings is 1. The van der Waals surface area contributed by atoms with Crippen LogP contribution in [0.2, 0.25) is 5.02 Å². The van der Waals surface area contributed by atoms with Crippen molar-refractivity contribution in [2.24, 2.45) is 0 Å². The zero-order valence-electron chi connectivity index (χ0n) is 18.7. The van der Waals surface area contributed by atoms with Crippen LogP contribution < -0.4 is 10.4 Å². The average Bonchev–Trinajstić information content (AvgIpc) is 3.26. The molecular weight excluding hydrogens is 549 g/mol. The largest absolute Gasteiger partial charge is 0.502 e. The molecule has 1 aliphatic rings. The molecule has 1 N–H and O–H groups in total. The smallest absolute Gasteiger partial charge is 0.408 e. The number of hydrogen-bond acceptors (Lipinski definition) is 7. The summed E-state index contributed by atoms with van der Waals surface area (Å²) >= 11 is 6.77. The Kier molecular flexibility index (Phi) is 7.86. The molecule has 0 bridgehead atoms. The number of fused-ring (bicyclic) bond motifs is 1. The Morgan fingerprint density at radius 3 is 2.58 bits per heavy atom. The highest BCUT2D eigenvalue weighted by Gasteiger charge is 2.46. The van der Waals surface area contributed by atoms with Crippen molar-refractivity contribution >= 4 is 41.3 Å². The molecule has 0 saturated carbocycles. The monoisotopic (exact) mass is 567 g/mol. The SMILES string of the molecule is CCN1CN([C@H](C)C(F)(F)F)C(=O)c2c(O)c(=O)c(-c3nnc(Cc4cccc(Cl)c4F)s3)cn21.Cl. The van der Waals surface area contributed by atoms with E-state index in [-0.39, 0.29) is 46.5 Å². The molecule has 3 aromatic rings. The third-order valence-electron chi connectivity index (χ3n) is 5.63. The van der Waals surface area contributed by atoms with Gasteiger partial charge in [-0.2, -0.15) is 13.2 Å². The summed E-state index contributed by atoms with van der Waals surface area (Å²) in [5, 5.41) is 20.3. The lowest BCUT2D eigenvalue weighted by Crippen LogP contribution is -2.59. The molecule has 0 spiro atoms. The fourth-order valence-corrected chi connectivity index (χ4v) is 4.68. The summed E-state index contributed by atoms with van der Waals surface area (Å²) in [5.41, 5.74) is -1.40. The van der Waals surface area contributed by atoms with Crippen LogP contribution in [0.25, 0.3) is 10.6 Å². The molecule has 0 aliphatic carbocycles. The second-order valence-electron chi connectivity index (χ2n) is 7.76. The first-order chi connectivity index (χ1) is 16.4. The van der Waals surface area contributed by atoms with E-state index in [0.717, 1.165) is 22.9 Å². The van der Waals surface area contributed by atoms with Gasteiger partial charge in [0, 0.05) is 19.2 Å². The van der Waals surface area contributed by atoms with Crippen molar-refractivity contribution in [3.05, 3.63) is 61.7 Å². The predicted octanol–water partition coefficient (Wildman–Crippen LogP) is 4.20. The summed E-state index contributed by atoms with van der Waals surface area (Å²) in [5.74, 6) is -2.73. The van der Waals surface area contributed by atoms with Crippen molar-refractivity contribution in [2.45, 2.75) is 32.5 Å². The Labute approximate surface area is 217 Å². The average molecular weight is 568 g/mol. The number of rotatable bonds is 5. The van der Waals surface area contributed by atoms with Crippen LogP contribution in [0.1, 0.15) is 34.9 Å². The minimum absolute atomic E-state index is 0. The van der Waals surface area contributed by atoms with Gasteiger partial charge in [0.15, 0.2) is 16.5 Å². The number of aromatic hydroxyl groups is 1. The van der Waals surface area contributed by atoms with Crippen molar-refractivity contribution in [3.8, 4) is 16.3 Å². The van der Waals surface area contributed by atoms with E-state index in [0.29, 0.717) is 9.91 Å². The highest BCUT2D eigenvalue weighted by atomic mass is 35.5. The maximum Gasteiger partial charge on any atom is 0.408 e. The topological polar surface area (TPSA) is 91.6 Å². The van der Waals surface area contributed by atoms with E-state index in [1.54, 1.807) is 13.0 Å². The van der Waals surface area contributed by atoms with Gasteiger partial charge in [0.1, 0.15) is 23.5 Å². The normalized spacial score (nSPS) is 14.5. The van der Waals surface area contributed by atoms with Crippen LogP contribution in [-0.2, 0) is 6.42 Å². The van der Waals surface area contributed by atoms with Crippen molar-refractivity contribution in [3.63, 3.8) is 0 Å². The van der Waals surface area contributed by atoms with Gasteiger partial charge in [0.2, 0.25) is 5.43 Å². The molecule has 0 radical (unpaired) electrons. The summed E-state index contributed by atoms with van der Waals surface area (Å²) in [4.78, 5) is 26.3. The van der Waals surface area contributed by atoms with Crippen LogP contribution in [-0.4, -0.2) is 56.2 Å². The fourth-order valence-electron chi connectivity index (χ4n) is 3.62. The third kappa shape index (κ3) is 4.87. The molecule has 36 heavy (non-hydrogen) atoms.